The molecule has 0 spiro atoms. The normalized spacial score (nSPS) is 9.00. The maximum absolute atomic E-state index is 10.3. The molecular weight excluding hydrogens is 269 g/mol. The SMILES string of the molecule is COC(OCC(=O)O)(C(=O)[O-])C(=O)[O-].[Na+].[Na+].[Na+]. The molecule has 1 N–H and O–H groups in total. The van der Waals surface area contributed by atoms with E-state index in [1.807, 2.05) is 0 Å². The maximum atomic E-state index is 10.3. The number of ether oxygens (including phenoxy) is 2. The molecule has 0 aromatic rings. The van der Waals surface area contributed by atoms with E-state index < -0.39 is 30.3 Å². The average Bonchev–Trinajstić information content (AvgIpc) is 2.04. The number of carboxylic acid groups (broad SMARTS) is 3. The first kappa shape index (κ1) is 26.8. The number of aliphatic carboxylic acids is 3. The van der Waals surface area contributed by atoms with Gasteiger partial charge < -0.3 is 34.4 Å². The molecule has 0 aliphatic rings. The molecule has 0 aliphatic heterocycles. The Bertz CT molecular complexity index is 254. The Morgan fingerprint density at radius 3 is 1.65 bits per heavy atom. The zero-order valence-corrected chi connectivity index (χ0v) is 16.0. The van der Waals surface area contributed by atoms with Gasteiger partial charge in [0.1, 0.15) is 18.5 Å². The van der Waals surface area contributed by atoms with E-state index in [-0.39, 0.29) is 88.7 Å². The summed E-state index contributed by atoms with van der Waals surface area (Å²) in [5, 5.41) is 28.8. The topological polar surface area (TPSA) is 136 Å². The molecule has 8 nitrogen and oxygen atoms in total. The molecule has 17 heavy (non-hydrogen) atoms. The Morgan fingerprint density at radius 2 is 1.47 bits per heavy atom. The van der Waals surface area contributed by atoms with Crippen LogP contribution in [-0.4, -0.2) is 42.5 Å². The summed E-state index contributed by atoms with van der Waals surface area (Å²) in [6, 6.07) is 0. The van der Waals surface area contributed by atoms with Crippen molar-refractivity contribution in [3.05, 3.63) is 0 Å². The van der Waals surface area contributed by atoms with Crippen molar-refractivity contribution < 1.29 is 128 Å². The van der Waals surface area contributed by atoms with Crippen molar-refractivity contribution >= 4 is 17.9 Å². The second kappa shape index (κ2) is 12.4. The number of methoxy groups -OCH3 is 1. The second-order valence-corrected chi connectivity index (χ2v) is 2.08. The first-order chi connectivity index (χ1) is 6.36. The molecular formula is C6H6Na3O8+. The summed E-state index contributed by atoms with van der Waals surface area (Å²) >= 11 is 0. The molecule has 0 aliphatic carbocycles. The summed E-state index contributed by atoms with van der Waals surface area (Å²) in [5.41, 5.74) is 0. The number of carbonyl (C=O) groups is 3. The van der Waals surface area contributed by atoms with Crippen LogP contribution in [0.5, 0.6) is 0 Å². The molecule has 0 rings (SSSR count). The van der Waals surface area contributed by atoms with E-state index in [0.29, 0.717) is 7.11 Å². The summed E-state index contributed by atoms with van der Waals surface area (Å²) in [4.78, 5) is 30.7. The minimum absolute atomic E-state index is 0. The van der Waals surface area contributed by atoms with Gasteiger partial charge in [-0.2, -0.15) is 0 Å². The molecule has 0 aromatic carbocycles. The fraction of sp³-hybridized carbons (Fsp3) is 0.500. The van der Waals surface area contributed by atoms with Crippen LogP contribution in [0.25, 0.3) is 0 Å². The predicted octanol–water partition coefficient (Wildman–Crippen LogP) is -13.1. The molecule has 0 saturated carbocycles. The molecule has 80 valence electrons. The summed E-state index contributed by atoms with van der Waals surface area (Å²) in [6.45, 7) is -1.17. The second-order valence-electron chi connectivity index (χ2n) is 2.08. The number of carbonyl (C=O) groups excluding carboxylic acids is 2. The van der Waals surface area contributed by atoms with Crippen molar-refractivity contribution in [3.8, 4) is 0 Å². The third-order valence-corrected chi connectivity index (χ3v) is 1.22. The zero-order chi connectivity index (χ0) is 11.4. The van der Waals surface area contributed by atoms with E-state index in [1.165, 1.54) is 0 Å². The fourth-order valence-electron chi connectivity index (χ4n) is 0.590. The predicted molar refractivity (Wildman–Crippen MR) is 33.3 cm³/mol. The van der Waals surface area contributed by atoms with E-state index in [0.717, 1.165) is 0 Å². The molecule has 0 saturated heterocycles. The van der Waals surface area contributed by atoms with Crippen LogP contribution >= 0.6 is 0 Å². The van der Waals surface area contributed by atoms with E-state index in [4.69, 9.17) is 5.11 Å². The standard InChI is InChI=1S/C6H8O8.3Na/c1-13-6(4(9)10,5(11)12)14-2-3(7)8;;;/h2H2,1H3,(H,7,8)(H,9,10)(H,11,12);;;/q;3*+1/p-2. The van der Waals surface area contributed by atoms with Gasteiger partial charge in [-0.3, -0.25) is 0 Å². The van der Waals surface area contributed by atoms with Crippen molar-refractivity contribution in [3.63, 3.8) is 0 Å². The molecule has 0 heterocycles. The Balaban J connectivity index is -0.000000282. The third kappa shape index (κ3) is 8.17. The van der Waals surface area contributed by atoms with Gasteiger partial charge in [0.15, 0.2) is 0 Å². The Hall–Kier alpha value is 1.33. The van der Waals surface area contributed by atoms with E-state index in [9.17, 15) is 24.6 Å². The summed E-state index contributed by atoms with van der Waals surface area (Å²) in [7, 11) is 0.702. The van der Waals surface area contributed by atoms with Gasteiger partial charge in [-0.05, 0) is 0 Å². The van der Waals surface area contributed by atoms with Gasteiger partial charge in [0.2, 0.25) is 0 Å². The molecule has 0 aromatic heterocycles. The van der Waals surface area contributed by atoms with Gasteiger partial charge in [-0.1, -0.05) is 0 Å². The van der Waals surface area contributed by atoms with Crippen molar-refractivity contribution in [1.82, 2.24) is 0 Å². The molecule has 0 fully saturated rings. The van der Waals surface area contributed by atoms with Gasteiger partial charge in [0.05, 0.1) is 0 Å². The van der Waals surface area contributed by atoms with Crippen LogP contribution in [0.3, 0.4) is 0 Å². The molecule has 0 bridgehead atoms. The van der Waals surface area contributed by atoms with Crippen molar-refractivity contribution in [1.29, 1.82) is 0 Å². The Kier molecular flexibility index (Phi) is 19.5. The van der Waals surface area contributed by atoms with Crippen LogP contribution in [0.1, 0.15) is 0 Å². The molecule has 0 atom stereocenters. The summed E-state index contributed by atoms with van der Waals surface area (Å²) < 4.78 is 8.02. The van der Waals surface area contributed by atoms with Crippen molar-refractivity contribution in [2.45, 2.75) is 5.79 Å². The van der Waals surface area contributed by atoms with Gasteiger partial charge in [-0.15, -0.1) is 0 Å². The Morgan fingerprint density at radius 1 is 1.12 bits per heavy atom. The quantitative estimate of drug-likeness (QED) is 0.286. The first-order valence-electron chi connectivity index (χ1n) is 3.20. The van der Waals surface area contributed by atoms with Crippen LogP contribution in [0.15, 0.2) is 0 Å². The van der Waals surface area contributed by atoms with Gasteiger partial charge >= 0.3 is 94.6 Å². The van der Waals surface area contributed by atoms with Crippen LogP contribution in [0.4, 0.5) is 0 Å². The van der Waals surface area contributed by atoms with Gasteiger partial charge in [-0.25, -0.2) is 4.79 Å². The van der Waals surface area contributed by atoms with Gasteiger partial charge in [0.25, 0.3) is 5.79 Å². The van der Waals surface area contributed by atoms with Crippen LogP contribution in [0, 0.1) is 0 Å². The van der Waals surface area contributed by atoms with Gasteiger partial charge in [0, 0.05) is 7.11 Å². The fourth-order valence-corrected chi connectivity index (χ4v) is 0.590. The van der Waals surface area contributed by atoms with E-state index in [2.05, 4.69) is 9.47 Å². The first-order valence-corrected chi connectivity index (χ1v) is 3.20. The molecule has 11 heteroatoms. The van der Waals surface area contributed by atoms with E-state index in [1.54, 1.807) is 0 Å². The third-order valence-electron chi connectivity index (χ3n) is 1.22. The summed E-state index contributed by atoms with van der Waals surface area (Å²) in [6.07, 6.45) is 0. The summed E-state index contributed by atoms with van der Waals surface area (Å²) in [5.74, 6) is -9.25. The number of rotatable bonds is 6. The van der Waals surface area contributed by atoms with Crippen LogP contribution < -0.4 is 98.9 Å². The maximum Gasteiger partial charge on any atom is 1.00 e. The number of hydrogen-bond acceptors (Lipinski definition) is 7. The minimum atomic E-state index is -3.20. The average molecular weight is 275 g/mol. The smallest absolute Gasteiger partial charge is 0.544 e. The zero-order valence-electron chi connectivity index (χ0n) is 10.0. The van der Waals surface area contributed by atoms with Crippen LogP contribution in [-0.2, 0) is 23.9 Å². The molecule has 0 unspecified atom stereocenters. The monoisotopic (exact) mass is 275 g/mol. The Labute approximate surface area is 163 Å². The van der Waals surface area contributed by atoms with Crippen LogP contribution in [0.2, 0.25) is 0 Å². The van der Waals surface area contributed by atoms with Crippen molar-refractivity contribution in [2.24, 2.45) is 0 Å². The minimum Gasteiger partial charge on any atom is -0.544 e. The number of carboxylic acids is 3. The largest absolute Gasteiger partial charge is 1.00 e. The van der Waals surface area contributed by atoms with E-state index >= 15 is 0 Å². The van der Waals surface area contributed by atoms with Crippen molar-refractivity contribution in [2.75, 3.05) is 13.7 Å². The molecule has 0 amide bonds. The molecule has 0 radical (unpaired) electrons. The number of hydrogen-bond donors (Lipinski definition) is 1.